The van der Waals surface area contributed by atoms with Gasteiger partial charge in [0, 0.05) is 31.5 Å². The summed E-state index contributed by atoms with van der Waals surface area (Å²) < 4.78 is 10.8. The van der Waals surface area contributed by atoms with Gasteiger partial charge in [-0.3, -0.25) is 0 Å². The maximum absolute atomic E-state index is 5.41. The summed E-state index contributed by atoms with van der Waals surface area (Å²) in [7, 11) is 0. The Morgan fingerprint density at radius 2 is 2.00 bits per heavy atom. The second-order valence-electron chi connectivity index (χ2n) is 5.59. The summed E-state index contributed by atoms with van der Waals surface area (Å²) in [6, 6.07) is 3.89. The van der Waals surface area contributed by atoms with E-state index in [4.69, 9.17) is 13.9 Å². The third kappa shape index (κ3) is 5.15. The van der Waals surface area contributed by atoms with E-state index in [1.54, 1.807) is 6.26 Å². The van der Waals surface area contributed by atoms with Crippen LogP contribution in [0.4, 0.5) is 0 Å². The summed E-state index contributed by atoms with van der Waals surface area (Å²) in [4.78, 5) is 4.70. The van der Waals surface area contributed by atoms with Gasteiger partial charge in [-0.25, -0.2) is 4.99 Å². The topological polar surface area (TPSA) is 75.6 Å². The molecule has 0 spiro atoms. The van der Waals surface area contributed by atoms with Crippen LogP contribution in [0.25, 0.3) is 0 Å². The van der Waals surface area contributed by atoms with E-state index < -0.39 is 0 Å². The second-order valence-corrected chi connectivity index (χ2v) is 5.59. The Labute approximate surface area is 143 Å². The highest BCUT2D eigenvalue weighted by Crippen LogP contribution is 2.16. The van der Waals surface area contributed by atoms with Gasteiger partial charge in [-0.2, -0.15) is 0 Å². The van der Waals surface area contributed by atoms with Crippen molar-refractivity contribution in [1.29, 1.82) is 0 Å². The van der Waals surface area contributed by atoms with E-state index in [1.165, 1.54) is 0 Å². The lowest BCUT2D eigenvalue weighted by Gasteiger charge is -2.11. The molecule has 0 aliphatic heterocycles. The molecule has 0 fully saturated rings. The van der Waals surface area contributed by atoms with E-state index in [0.717, 1.165) is 67.5 Å². The molecule has 6 nitrogen and oxygen atoms in total. The fourth-order valence-electron chi connectivity index (χ4n) is 2.45. The van der Waals surface area contributed by atoms with Crippen molar-refractivity contribution in [2.75, 3.05) is 13.1 Å². The maximum Gasteiger partial charge on any atom is 0.191 e. The zero-order valence-electron chi connectivity index (χ0n) is 14.9. The minimum Gasteiger partial charge on any atom is -0.469 e. The number of aryl methyl sites for hydroxylation is 2. The number of aromatic nitrogens is 1. The predicted molar refractivity (Wildman–Crippen MR) is 95.1 cm³/mol. The van der Waals surface area contributed by atoms with Crippen LogP contribution in [0.3, 0.4) is 0 Å². The molecule has 0 aliphatic carbocycles. The molecule has 132 valence electrons. The second kappa shape index (κ2) is 9.80. The standard InChI is InChI=1S/C18H28N4O2/c1-4-10-19-18(20-11-9-14-8-7-12-23-14)21-13-15-16(5-2)22-24-17(15)6-3/h7-8,12H,4-6,9-11,13H2,1-3H3,(H2,19,20,21). The molecule has 0 saturated heterocycles. The summed E-state index contributed by atoms with van der Waals surface area (Å²) >= 11 is 0. The van der Waals surface area contributed by atoms with Crippen molar-refractivity contribution in [3.8, 4) is 0 Å². The number of nitrogens with zero attached hydrogens (tertiary/aromatic N) is 2. The minimum absolute atomic E-state index is 0.579. The van der Waals surface area contributed by atoms with Gasteiger partial charge in [-0.15, -0.1) is 0 Å². The van der Waals surface area contributed by atoms with Gasteiger partial charge in [-0.1, -0.05) is 25.9 Å². The molecule has 0 saturated carbocycles. The van der Waals surface area contributed by atoms with Gasteiger partial charge in [0.05, 0.1) is 18.5 Å². The van der Waals surface area contributed by atoms with Crippen LogP contribution >= 0.6 is 0 Å². The predicted octanol–water partition coefficient (Wildman–Crippen LogP) is 3.08. The van der Waals surface area contributed by atoms with Crippen LogP contribution in [0.1, 0.15) is 50.0 Å². The lowest BCUT2D eigenvalue weighted by Crippen LogP contribution is -2.38. The number of furan rings is 1. The molecule has 0 radical (unpaired) electrons. The van der Waals surface area contributed by atoms with E-state index >= 15 is 0 Å². The molecule has 0 aromatic carbocycles. The largest absolute Gasteiger partial charge is 0.469 e. The Balaban J connectivity index is 1.98. The van der Waals surface area contributed by atoms with Gasteiger partial charge < -0.3 is 19.6 Å². The van der Waals surface area contributed by atoms with Crippen LogP contribution in [0.5, 0.6) is 0 Å². The molecule has 2 aromatic rings. The average molecular weight is 332 g/mol. The molecule has 2 aromatic heterocycles. The lowest BCUT2D eigenvalue weighted by molar-refractivity contribution is 0.380. The first-order chi connectivity index (χ1) is 11.8. The van der Waals surface area contributed by atoms with Crippen molar-refractivity contribution in [1.82, 2.24) is 15.8 Å². The molecule has 0 unspecified atom stereocenters. The van der Waals surface area contributed by atoms with Gasteiger partial charge in [-0.05, 0) is 25.0 Å². The minimum atomic E-state index is 0.579. The Morgan fingerprint density at radius 1 is 1.17 bits per heavy atom. The van der Waals surface area contributed by atoms with Crippen molar-refractivity contribution in [2.24, 2.45) is 4.99 Å². The molecule has 0 amide bonds. The van der Waals surface area contributed by atoms with E-state index in [-0.39, 0.29) is 0 Å². The Morgan fingerprint density at radius 3 is 2.67 bits per heavy atom. The zero-order chi connectivity index (χ0) is 17.2. The molecule has 2 N–H and O–H groups in total. The Bertz CT molecular complexity index is 596. The van der Waals surface area contributed by atoms with Crippen molar-refractivity contribution >= 4 is 5.96 Å². The van der Waals surface area contributed by atoms with E-state index in [0.29, 0.717) is 6.54 Å². The van der Waals surface area contributed by atoms with Crippen LogP contribution < -0.4 is 10.6 Å². The van der Waals surface area contributed by atoms with Gasteiger partial charge in [0.25, 0.3) is 0 Å². The summed E-state index contributed by atoms with van der Waals surface area (Å²) in [5.74, 6) is 2.72. The van der Waals surface area contributed by atoms with Crippen LogP contribution in [0, 0.1) is 0 Å². The molecule has 0 aliphatic rings. The first kappa shape index (κ1) is 18.1. The van der Waals surface area contributed by atoms with Crippen molar-refractivity contribution in [3.05, 3.63) is 41.2 Å². The van der Waals surface area contributed by atoms with Crippen LogP contribution in [-0.2, 0) is 25.8 Å². The summed E-state index contributed by atoms with van der Waals surface area (Å²) in [6.07, 6.45) is 5.27. The number of rotatable bonds is 9. The Kier molecular flexibility index (Phi) is 7.39. The van der Waals surface area contributed by atoms with Crippen LogP contribution in [0.2, 0.25) is 0 Å². The van der Waals surface area contributed by atoms with E-state index in [9.17, 15) is 0 Å². The molecule has 2 rings (SSSR count). The van der Waals surface area contributed by atoms with Gasteiger partial charge in [0.1, 0.15) is 11.5 Å². The van der Waals surface area contributed by atoms with Crippen molar-refractivity contribution in [2.45, 2.75) is 53.0 Å². The first-order valence-corrected chi connectivity index (χ1v) is 8.79. The SMILES string of the molecule is CCCNC(=NCc1c(CC)noc1CC)NCCc1ccco1. The molecule has 24 heavy (non-hydrogen) atoms. The molecular weight excluding hydrogens is 304 g/mol. The number of hydrogen-bond donors (Lipinski definition) is 2. The maximum atomic E-state index is 5.41. The molecule has 0 atom stereocenters. The van der Waals surface area contributed by atoms with Crippen LogP contribution in [0.15, 0.2) is 32.3 Å². The summed E-state index contributed by atoms with van der Waals surface area (Å²) in [5.41, 5.74) is 2.12. The van der Waals surface area contributed by atoms with Crippen molar-refractivity contribution < 1.29 is 8.94 Å². The number of nitrogens with one attached hydrogen (secondary N) is 2. The van der Waals surface area contributed by atoms with Crippen LogP contribution in [-0.4, -0.2) is 24.2 Å². The molecule has 2 heterocycles. The number of guanidine groups is 1. The fourth-order valence-corrected chi connectivity index (χ4v) is 2.45. The zero-order valence-corrected chi connectivity index (χ0v) is 14.9. The van der Waals surface area contributed by atoms with Gasteiger partial charge in [0.2, 0.25) is 0 Å². The number of hydrogen-bond acceptors (Lipinski definition) is 4. The van der Waals surface area contributed by atoms with E-state index in [2.05, 4.69) is 36.6 Å². The first-order valence-electron chi connectivity index (χ1n) is 8.79. The highest BCUT2D eigenvalue weighted by Gasteiger charge is 2.13. The fraction of sp³-hybridized carbons (Fsp3) is 0.556. The van der Waals surface area contributed by atoms with Gasteiger partial charge >= 0.3 is 0 Å². The normalized spacial score (nSPS) is 11.7. The monoisotopic (exact) mass is 332 g/mol. The molecule has 6 heteroatoms. The third-order valence-corrected chi connectivity index (χ3v) is 3.79. The highest BCUT2D eigenvalue weighted by atomic mass is 16.5. The molecular formula is C18H28N4O2. The lowest BCUT2D eigenvalue weighted by atomic mass is 10.1. The van der Waals surface area contributed by atoms with E-state index in [1.807, 2.05) is 12.1 Å². The summed E-state index contributed by atoms with van der Waals surface area (Å²) in [6.45, 7) is 8.53. The van der Waals surface area contributed by atoms with Gasteiger partial charge in [0.15, 0.2) is 5.96 Å². The molecule has 0 bridgehead atoms. The Hall–Kier alpha value is -2.24. The summed E-state index contributed by atoms with van der Waals surface area (Å²) in [5, 5.41) is 10.8. The average Bonchev–Trinajstić information content (AvgIpc) is 3.25. The smallest absolute Gasteiger partial charge is 0.191 e. The third-order valence-electron chi connectivity index (χ3n) is 3.79. The number of aliphatic imine (C=N–C) groups is 1. The highest BCUT2D eigenvalue weighted by molar-refractivity contribution is 5.79. The quantitative estimate of drug-likeness (QED) is 0.545. The van der Waals surface area contributed by atoms with Crippen molar-refractivity contribution in [3.63, 3.8) is 0 Å².